The maximum Gasteiger partial charge on any atom is 0.408 e. The normalized spacial score (nSPS) is 20.2. The van der Waals surface area contributed by atoms with Crippen molar-refractivity contribution in [2.75, 3.05) is 38.8 Å². The molecule has 0 radical (unpaired) electrons. The zero-order valence-corrected chi connectivity index (χ0v) is 25.7. The summed E-state index contributed by atoms with van der Waals surface area (Å²) >= 11 is 0. The molecule has 2 aromatic heterocycles. The molecule has 0 spiro atoms. The minimum absolute atomic E-state index is 0.0668. The first-order chi connectivity index (χ1) is 21.4. The highest BCUT2D eigenvalue weighted by Crippen LogP contribution is 2.32. The van der Waals surface area contributed by atoms with Crippen LogP contribution in [0.25, 0.3) is 21.6 Å². The molecule has 3 heterocycles. The van der Waals surface area contributed by atoms with Crippen molar-refractivity contribution in [1.82, 2.24) is 30.2 Å². The lowest BCUT2D eigenvalue weighted by Gasteiger charge is -2.26. The summed E-state index contributed by atoms with van der Waals surface area (Å²) in [6.07, 6.45) is -1.24. The number of aliphatic hydroxyl groups is 2. The van der Waals surface area contributed by atoms with Crippen molar-refractivity contribution in [2.24, 2.45) is 5.11 Å². The smallest absolute Gasteiger partial charge is 0.408 e. The Balaban J connectivity index is 1.52. The standard InChI is InChI=1S/C28H38N10O7/c1-28(2,3)45-27(42)34-18(12-16-6-8-17(9-7-16)43-11-10-33-36-29)25(41)35-20-19(13-39)44-26(22(20)40)38-15-32-21-23(37(4)5)30-14-31-24(21)38/h6-9,14-15,18-20,22,26,39-40H,10-13H2,1-5H3,(H,34,42)(H,35,41)/t18-,19+,20?,22-,26+/m0/s1. The van der Waals surface area contributed by atoms with Crippen LogP contribution in [-0.2, 0) is 20.7 Å². The number of nitrogens with zero attached hydrogens (tertiary/aromatic N) is 8. The van der Waals surface area contributed by atoms with Crippen LogP contribution in [0, 0.1) is 0 Å². The number of hydrogen-bond donors (Lipinski definition) is 4. The Morgan fingerprint density at radius 2 is 1.96 bits per heavy atom. The summed E-state index contributed by atoms with van der Waals surface area (Å²) in [5, 5.41) is 30.2. The van der Waals surface area contributed by atoms with Gasteiger partial charge in [0.2, 0.25) is 5.91 Å². The third-order valence-electron chi connectivity index (χ3n) is 6.79. The fourth-order valence-corrected chi connectivity index (χ4v) is 4.79. The molecule has 4 N–H and O–H groups in total. The second-order valence-corrected chi connectivity index (χ2v) is 11.5. The average Bonchev–Trinajstić information content (AvgIpc) is 3.55. The van der Waals surface area contributed by atoms with Crippen LogP contribution in [0.15, 0.2) is 42.0 Å². The molecule has 0 saturated carbocycles. The zero-order valence-electron chi connectivity index (χ0n) is 25.7. The van der Waals surface area contributed by atoms with E-state index in [0.29, 0.717) is 28.3 Å². The fraction of sp³-hybridized carbons (Fsp3) is 0.536. The van der Waals surface area contributed by atoms with E-state index in [0.717, 1.165) is 0 Å². The van der Waals surface area contributed by atoms with Crippen LogP contribution in [0.1, 0.15) is 32.6 Å². The van der Waals surface area contributed by atoms with Crippen LogP contribution in [0.2, 0.25) is 0 Å². The largest absolute Gasteiger partial charge is 0.493 e. The number of amides is 2. The number of aliphatic hydroxyl groups excluding tert-OH is 2. The Hall–Kier alpha value is -4.70. The maximum absolute atomic E-state index is 13.7. The number of rotatable bonds is 12. The van der Waals surface area contributed by atoms with Gasteiger partial charge >= 0.3 is 6.09 Å². The topological polar surface area (TPSA) is 222 Å². The van der Waals surface area contributed by atoms with Crippen molar-refractivity contribution in [3.8, 4) is 5.75 Å². The molecular formula is C28H38N10O7. The van der Waals surface area contributed by atoms with E-state index < -0.39 is 54.7 Å². The van der Waals surface area contributed by atoms with Gasteiger partial charge in [0.25, 0.3) is 0 Å². The van der Waals surface area contributed by atoms with E-state index >= 15 is 0 Å². The molecule has 1 aromatic carbocycles. The number of anilines is 1. The maximum atomic E-state index is 13.7. The Morgan fingerprint density at radius 3 is 2.60 bits per heavy atom. The number of imidazole rings is 1. The molecule has 1 saturated heterocycles. The molecule has 242 valence electrons. The summed E-state index contributed by atoms with van der Waals surface area (Å²) in [4.78, 5) is 43.8. The van der Waals surface area contributed by atoms with Crippen LogP contribution in [0.3, 0.4) is 0 Å². The van der Waals surface area contributed by atoms with E-state index in [1.165, 1.54) is 17.2 Å². The second-order valence-electron chi connectivity index (χ2n) is 11.5. The Labute approximate surface area is 259 Å². The lowest BCUT2D eigenvalue weighted by Crippen LogP contribution is -2.56. The van der Waals surface area contributed by atoms with Crippen LogP contribution in [0.5, 0.6) is 5.75 Å². The van der Waals surface area contributed by atoms with Gasteiger partial charge in [-0.2, -0.15) is 0 Å². The summed E-state index contributed by atoms with van der Waals surface area (Å²) in [6.45, 7) is 4.97. The van der Waals surface area contributed by atoms with Crippen molar-refractivity contribution in [2.45, 2.75) is 63.3 Å². The number of carbonyl (C=O) groups excluding carboxylic acids is 2. The van der Waals surface area contributed by atoms with Crippen LogP contribution in [0.4, 0.5) is 10.6 Å². The van der Waals surface area contributed by atoms with Crippen LogP contribution >= 0.6 is 0 Å². The lowest BCUT2D eigenvalue weighted by atomic mass is 10.0. The van der Waals surface area contributed by atoms with Gasteiger partial charge in [0.15, 0.2) is 23.2 Å². The Bertz CT molecular complexity index is 1520. The van der Waals surface area contributed by atoms with Crippen molar-refractivity contribution < 1.29 is 34.0 Å². The number of aromatic nitrogens is 4. The van der Waals surface area contributed by atoms with Gasteiger partial charge in [0.1, 0.15) is 35.9 Å². The quantitative estimate of drug-likeness (QED) is 0.0975. The third-order valence-corrected chi connectivity index (χ3v) is 6.79. The first kappa shape index (κ1) is 33.2. The predicted octanol–water partition coefficient (Wildman–Crippen LogP) is 1.45. The average molecular weight is 627 g/mol. The number of azide groups is 1. The molecule has 1 aliphatic rings. The molecule has 17 heteroatoms. The van der Waals surface area contributed by atoms with Crippen molar-refractivity contribution in [1.29, 1.82) is 0 Å². The molecule has 2 amide bonds. The summed E-state index contributed by atoms with van der Waals surface area (Å²) in [6, 6.07) is 4.68. The third kappa shape index (κ3) is 8.27. The minimum Gasteiger partial charge on any atom is -0.493 e. The first-order valence-corrected chi connectivity index (χ1v) is 14.2. The van der Waals surface area contributed by atoms with Gasteiger partial charge in [0, 0.05) is 25.4 Å². The van der Waals surface area contributed by atoms with Gasteiger partial charge in [-0.1, -0.05) is 17.2 Å². The zero-order chi connectivity index (χ0) is 32.7. The molecular weight excluding hydrogens is 588 g/mol. The molecule has 4 rings (SSSR count). The van der Waals surface area contributed by atoms with E-state index in [1.54, 1.807) is 49.9 Å². The van der Waals surface area contributed by atoms with Crippen LogP contribution < -0.4 is 20.3 Å². The molecule has 17 nitrogen and oxygen atoms in total. The molecule has 0 bridgehead atoms. The van der Waals surface area contributed by atoms with Crippen molar-refractivity contribution >= 4 is 29.0 Å². The van der Waals surface area contributed by atoms with E-state index in [1.807, 2.05) is 14.1 Å². The number of hydrogen-bond acceptors (Lipinski definition) is 12. The Kier molecular flexibility index (Phi) is 10.6. The van der Waals surface area contributed by atoms with Crippen molar-refractivity contribution in [3.63, 3.8) is 0 Å². The number of carbonyl (C=O) groups is 2. The molecule has 45 heavy (non-hydrogen) atoms. The van der Waals surface area contributed by atoms with Gasteiger partial charge in [-0.3, -0.25) is 9.36 Å². The molecule has 1 unspecified atom stereocenters. The number of nitrogens with one attached hydrogen (secondary N) is 2. The monoisotopic (exact) mass is 626 g/mol. The first-order valence-electron chi connectivity index (χ1n) is 14.2. The second kappa shape index (κ2) is 14.4. The molecule has 0 aliphatic carbocycles. The van der Waals surface area contributed by atoms with Gasteiger partial charge in [-0.25, -0.2) is 19.7 Å². The van der Waals surface area contributed by atoms with Gasteiger partial charge in [-0.15, -0.1) is 0 Å². The highest BCUT2D eigenvalue weighted by molar-refractivity contribution is 5.86. The molecule has 1 fully saturated rings. The highest BCUT2D eigenvalue weighted by Gasteiger charge is 2.46. The highest BCUT2D eigenvalue weighted by atomic mass is 16.6. The van der Waals surface area contributed by atoms with Crippen LogP contribution in [-0.4, -0.2) is 105 Å². The van der Waals surface area contributed by atoms with E-state index in [-0.39, 0.29) is 19.6 Å². The summed E-state index contributed by atoms with van der Waals surface area (Å²) < 4.78 is 18.4. The number of alkyl carbamates (subject to hydrolysis) is 1. The predicted molar refractivity (Wildman–Crippen MR) is 161 cm³/mol. The summed E-state index contributed by atoms with van der Waals surface area (Å²) in [5.41, 5.74) is 9.16. The van der Waals surface area contributed by atoms with Crippen molar-refractivity contribution in [3.05, 3.63) is 52.9 Å². The van der Waals surface area contributed by atoms with E-state index in [9.17, 15) is 19.8 Å². The van der Waals surface area contributed by atoms with Gasteiger partial charge in [-0.05, 0) is 44.0 Å². The molecule has 3 aromatic rings. The fourth-order valence-electron chi connectivity index (χ4n) is 4.79. The van der Waals surface area contributed by atoms with Gasteiger partial charge < -0.3 is 40.0 Å². The van der Waals surface area contributed by atoms with E-state index in [2.05, 4.69) is 35.6 Å². The number of benzene rings is 1. The number of fused-ring (bicyclic) bond motifs is 1. The lowest BCUT2D eigenvalue weighted by molar-refractivity contribution is -0.125. The molecule has 5 atom stereocenters. The SMILES string of the molecule is CN(C)c1ncnc2c1ncn2[C@@H]1O[C@H](CO)C(NC(=O)[C@H](Cc2ccc(OCCN=[N+]=[N-])cc2)NC(=O)OC(C)(C)C)[C@@H]1O. The Morgan fingerprint density at radius 1 is 1.22 bits per heavy atom. The number of ether oxygens (including phenoxy) is 3. The minimum atomic E-state index is -1.31. The molecule has 1 aliphatic heterocycles. The summed E-state index contributed by atoms with van der Waals surface area (Å²) in [5.74, 6) is 0.472. The van der Waals surface area contributed by atoms with Gasteiger partial charge in [0.05, 0.1) is 32.1 Å². The summed E-state index contributed by atoms with van der Waals surface area (Å²) in [7, 11) is 3.63. The van der Waals surface area contributed by atoms with E-state index in [4.69, 9.17) is 19.7 Å².